The first-order valence-electron chi connectivity index (χ1n) is 9.29. The molecule has 5 heteroatoms. The average Bonchev–Trinajstić information content (AvgIpc) is 2.68. The van der Waals surface area contributed by atoms with Crippen molar-refractivity contribution in [2.75, 3.05) is 20.1 Å². The number of likely N-dealkylation sites (tertiary alicyclic amines) is 1. The van der Waals surface area contributed by atoms with E-state index in [1.54, 1.807) is 19.2 Å². The fourth-order valence-electron chi connectivity index (χ4n) is 3.94. The molecule has 27 heavy (non-hydrogen) atoms. The quantitative estimate of drug-likeness (QED) is 0.851. The van der Waals surface area contributed by atoms with Crippen LogP contribution < -0.4 is 5.32 Å². The number of carbonyl (C=O) groups is 2. The summed E-state index contributed by atoms with van der Waals surface area (Å²) in [6.07, 6.45) is 1.92. The molecule has 1 aliphatic rings. The SMILES string of the molecule is CNC(=O)C1(C)CCCN(Cc2ccc(-c3ccccc3C(=O)O)cc2)C1. The fraction of sp³-hybridized carbons (Fsp3) is 0.364. The number of carbonyl (C=O) groups excluding carboxylic acids is 1. The molecule has 2 N–H and O–H groups in total. The van der Waals surface area contributed by atoms with Crippen LogP contribution in [0.5, 0.6) is 0 Å². The highest BCUT2D eigenvalue weighted by Gasteiger charge is 2.37. The van der Waals surface area contributed by atoms with Gasteiger partial charge in [0.05, 0.1) is 11.0 Å². The molecule has 0 spiro atoms. The minimum absolute atomic E-state index is 0.104. The Balaban J connectivity index is 1.73. The van der Waals surface area contributed by atoms with Gasteiger partial charge in [0, 0.05) is 20.1 Å². The standard InChI is InChI=1S/C22H26N2O3/c1-22(21(27)23-2)12-5-13-24(15-22)14-16-8-10-17(11-9-16)18-6-3-4-7-19(18)20(25)26/h3-4,6-11H,5,12-15H2,1-2H3,(H,23,27)(H,25,26). The van der Waals surface area contributed by atoms with E-state index in [4.69, 9.17) is 0 Å². The van der Waals surface area contributed by atoms with Crippen LogP contribution in [0.25, 0.3) is 11.1 Å². The summed E-state index contributed by atoms with van der Waals surface area (Å²) >= 11 is 0. The zero-order valence-electron chi connectivity index (χ0n) is 15.9. The van der Waals surface area contributed by atoms with E-state index in [1.165, 1.54) is 0 Å². The summed E-state index contributed by atoms with van der Waals surface area (Å²) in [6, 6.07) is 15.1. The van der Waals surface area contributed by atoms with Gasteiger partial charge < -0.3 is 10.4 Å². The zero-order chi connectivity index (χ0) is 19.4. The molecule has 2 aromatic rings. The van der Waals surface area contributed by atoms with Crippen molar-refractivity contribution in [1.82, 2.24) is 10.2 Å². The van der Waals surface area contributed by atoms with E-state index in [0.29, 0.717) is 5.56 Å². The molecule has 3 rings (SSSR count). The molecule has 1 fully saturated rings. The van der Waals surface area contributed by atoms with Crippen molar-refractivity contribution >= 4 is 11.9 Å². The van der Waals surface area contributed by atoms with E-state index in [-0.39, 0.29) is 11.3 Å². The van der Waals surface area contributed by atoms with Crippen LogP contribution >= 0.6 is 0 Å². The Morgan fingerprint density at radius 1 is 1.15 bits per heavy atom. The second kappa shape index (κ2) is 7.92. The van der Waals surface area contributed by atoms with Gasteiger partial charge in [-0.1, -0.05) is 42.5 Å². The van der Waals surface area contributed by atoms with Crippen LogP contribution in [-0.4, -0.2) is 42.0 Å². The molecule has 0 radical (unpaired) electrons. The Hall–Kier alpha value is -2.66. The number of carboxylic acids is 1. The lowest BCUT2D eigenvalue weighted by atomic mass is 9.81. The minimum Gasteiger partial charge on any atom is -0.478 e. The van der Waals surface area contributed by atoms with Crippen LogP contribution in [0.1, 0.15) is 35.7 Å². The van der Waals surface area contributed by atoms with Gasteiger partial charge in [-0.3, -0.25) is 9.69 Å². The topological polar surface area (TPSA) is 69.6 Å². The summed E-state index contributed by atoms with van der Waals surface area (Å²) in [5.74, 6) is -0.815. The van der Waals surface area contributed by atoms with Gasteiger partial charge in [-0.15, -0.1) is 0 Å². The summed E-state index contributed by atoms with van der Waals surface area (Å²) < 4.78 is 0. The second-order valence-electron chi connectivity index (χ2n) is 7.50. The third-order valence-corrected chi connectivity index (χ3v) is 5.38. The number of piperidine rings is 1. The first-order valence-corrected chi connectivity index (χ1v) is 9.29. The van der Waals surface area contributed by atoms with Gasteiger partial charge in [0.1, 0.15) is 0 Å². The number of carboxylic acid groups (broad SMARTS) is 1. The van der Waals surface area contributed by atoms with Gasteiger partial charge in [0.15, 0.2) is 0 Å². The third-order valence-electron chi connectivity index (χ3n) is 5.38. The Morgan fingerprint density at radius 2 is 1.85 bits per heavy atom. The summed E-state index contributed by atoms with van der Waals surface area (Å²) in [6.45, 7) is 4.55. The largest absolute Gasteiger partial charge is 0.478 e. The van der Waals surface area contributed by atoms with Crippen molar-refractivity contribution in [2.24, 2.45) is 5.41 Å². The van der Waals surface area contributed by atoms with E-state index in [9.17, 15) is 14.7 Å². The number of benzene rings is 2. The lowest BCUT2D eigenvalue weighted by Crippen LogP contribution is -2.49. The molecule has 1 amide bonds. The number of aromatic carboxylic acids is 1. The van der Waals surface area contributed by atoms with Crippen molar-refractivity contribution in [3.05, 3.63) is 59.7 Å². The number of nitrogens with one attached hydrogen (secondary N) is 1. The number of nitrogens with zero attached hydrogens (tertiary/aromatic N) is 1. The Morgan fingerprint density at radius 3 is 2.52 bits per heavy atom. The highest BCUT2D eigenvalue weighted by molar-refractivity contribution is 5.96. The lowest BCUT2D eigenvalue weighted by molar-refractivity contribution is -0.132. The summed E-state index contributed by atoms with van der Waals surface area (Å²) in [5.41, 5.74) is 2.75. The van der Waals surface area contributed by atoms with Crippen LogP contribution in [0.15, 0.2) is 48.5 Å². The van der Waals surface area contributed by atoms with Crippen LogP contribution in [0.2, 0.25) is 0 Å². The Labute approximate surface area is 160 Å². The summed E-state index contributed by atoms with van der Waals surface area (Å²) in [7, 11) is 1.69. The maximum absolute atomic E-state index is 12.2. The van der Waals surface area contributed by atoms with Crippen LogP contribution in [0.4, 0.5) is 0 Å². The zero-order valence-corrected chi connectivity index (χ0v) is 15.9. The minimum atomic E-state index is -0.920. The Bertz CT molecular complexity index is 832. The Kier molecular flexibility index (Phi) is 5.61. The predicted octanol–water partition coefficient (Wildman–Crippen LogP) is 3.40. The van der Waals surface area contributed by atoms with Gasteiger partial charge in [0.25, 0.3) is 0 Å². The highest BCUT2D eigenvalue weighted by atomic mass is 16.4. The highest BCUT2D eigenvalue weighted by Crippen LogP contribution is 2.31. The maximum Gasteiger partial charge on any atom is 0.336 e. The number of hydrogen-bond donors (Lipinski definition) is 2. The normalized spacial score (nSPS) is 20.2. The van der Waals surface area contributed by atoms with Crippen molar-refractivity contribution < 1.29 is 14.7 Å². The van der Waals surface area contributed by atoms with Crippen molar-refractivity contribution in [2.45, 2.75) is 26.3 Å². The van der Waals surface area contributed by atoms with Crippen molar-refractivity contribution in [3.63, 3.8) is 0 Å². The van der Waals surface area contributed by atoms with Crippen molar-refractivity contribution in [1.29, 1.82) is 0 Å². The van der Waals surface area contributed by atoms with Crippen molar-refractivity contribution in [3.8, 4) is 11.1 Å². The van der Waals surface area contributed by atoms with Crippen LogP contribution in [0, 0.1) is 5.41 Å². The van der Waals surface area contributed by atoms with E-state index in [1.807, 2.05) is 43.3 Å². The molecule has 0 aliphatic carbocycles. The molecule has 142 valence electrons. The molecule has 5 nitrogen and oxygen atoms in total. The number of hydrogen-bond acceptors (Lipinski definition) is 3. The third kappa shape index (κ3) is 4.19. The molecule has 2 aromatic carbocycles. The fourth-order valence-corrected chi connectivity index (χ4v) is 3.94. The molecule has 0 saturated carbocycles. The molecular formula is C22H26N2O3. The second-order valence-corrected chi connectivity index (χ2v) is 7.50. The average molecular weight is 366 g/mol. The smallest absolute Gasteiger partial charge is 0.336 e. The van der Waals surface area contributed by atoms with E-state index >= 15 is 0 Å². The molecule has 1 saturated heterocycles. The maximum atomic E-state index is 12.2. The molecular weight excluding hydrogens is 340 g/mol. The first-order chi connectivity index (χ1) is 12.9. The number of amides is 1. The van der Waals surface area contributed by atoms with Gasteiger partial charge in [-0.2, -0.15) is 0 Å². The molecule has 0 aromatic heterocycles. The molecule has 1 atom stereocenters. The monoisotopic (exact) mass is 366 g/mol. The van der Waals surface area contributed by atoms with E-state index in [2.05, 4.69) is 10.2 Å². The van der Waals surface area contributed by atoms with Crippen LogP contribution in [0.3, 0.4) is 0 Å². The summed E-state index contributed by atoms with van der Waals surface area (Å²) in [4.78, 5) is 25.9. The van der Waals surface area contributed by atoms with Gasteiger partial charge in [-0.25, -0.2) is 4.79 Å². The van der Waals surface area contributed by atoms with E-state index in [0.717, 1.165) is 49.2 Å². The van der Waals surface area contributed by atoms with Gasteiger partial charge >= 0.3 is 5.97 Å². The van der Waals surface area contributed by atoms with Gasteiger partial charge in [-0.05, 0) is 49.1 Å². The molecule has 1 heterocycles. The summed E-state index contributed by atoms with van der Waals surface area (Å²) in [5, 5.41) is 12.2. The van der Waals surface area contributed by atoms with Gasteiger partial charge in [0.2, 0.25) is 5.91 Å². The first kappa shape index (κ1) is 19.1. The predicted molar refractivity (Wildman–Crippen MR) is 106 cm³/mol. The molecule has 1 aliphatic heterocycles. The van der Waals surface area contributed by atoms with E-state index < -0.39 is 5.97 Å². The van der Waals surface area contributed by atoms with Crippen LogP contribution in [-0.2, 0) is 11.3 Å². The molecule has 1 unspecified atom stereocenters. The number of rotatable bonds is 5. The lowest BCUT2D eigenvalue weighted by Gasteiger charge is -2.39. The molecule has 0 bridgehead atoms.